The van der Waals surface area contributed by atoms with Crippen molar-refractivity contribution in [3.8, 4) is 11.3 Å². The number of esters is 1. The fourth-order valence-electron chi connectivity index (χ4n) is 2.21. The standard InChI is InChI=1S/C18H13ClN2O6S/c1-9-20-21-18(26-9)28-15(16(22)23)8-11-4-6-14(27-11)10-3-5-13(19)12(7-10)17(24)25-2/h3-8H,1-2H3,(H,22,23)/b15-8-. The van der Waals surface area contributed by atoms with Gasteiger partial charge in [0.1, 0.15) is 16.4 Å². The van der Waals surface area contributed by atoms with Gasteiger partial charge in [-0.15, -0.1) is 10.2 Å². The topological polar surface area (TPSA) is 116 Å². The summed E-state index contributed by atoms with van der Waals surface area (Å²) >= 11 is 6.83. The van der Waals surface area contributed by atoms with Crippen LogP contribution in [0.15, 0.2) is 49.3 Å². The highest BCUT2D eigenvalue weighted by molar-refractivity contribution is 8.03. The summed E-state index contributed by atoms with van der Waals surface area (Å²) in [5, 5.41) is 17.2. The smallest absolute Gasteiger partial charge is 0.342 e. The van der Waals surface area contributed by atoms with Gasteiger partial charge < -0.3 is 18.7 Å². The Morgan fingerprint density at radius 1 is 1.21 bits per heavy atom. The minimum Gasteiger partial charge on any atom is -0.477 e. The molecule has 0 aliphatic heterocycles. The molecule has 2 aromatic heterocycles. The number of furan rings is 1. The summed E-state index contributed by atoms with van der Waals surface area (Å²) < 4.78 is 15.6. The van der Waals surface area contributed by atoms with Gasteiger partial charge in [-0.1, -0.05) is 11.6 Å². The van der Waals surface area contributed by atoms with E-state index in [1.165, 1.54) is 19.3 Å². The molecule has 1 aromatic carbocycles. The number of rotatable bonds is 6. The molecule has 2 heterocycles. The van der Waals surface area contributed by atoms with Gasteiger partial charge >= 0.3 is 11.9 Å². The third kappa shape index (κ3) is 4.44. The number of carbonyl (C=O) groups is 2. The lowest BCUT2D eigenvalue weighted by Crippen LogP contribution is -2.02. The molecule has 0 amide bonds. The summed E-state index contributed by atoms with van der Waals surface area (Å²) in [6, 6.07) is 8.02. The zero-order chi connectivity index (χ0) is 20.3. The second-order valence-electron chi connectivity index (χ2n) is 5.39. The van der Waals surface area contributed by atoms with Crippen LogP contribution < -0.4 is 0 Å². The van der Waals surface area contributed by atoms with Crippen molar-refractivity contribution < 1.29 is 28.3 Å². The van der Waals surface area contributed by atoms with E-state index in [2.05, 4.69) is 10.2 Å². The molecule has 0 atom stereocenters. The average molecular weight is 421 g/mol. The minimum absolute atomic E-state index is 0.0593. The van der Waals surface area contributed by atoms with Gasteiger partial charge in [-0.2, -0.15) is 0 Å². The number of aryl methyl sites for hydroxylation is 1. The van der Waals surface area contributed by atoms with Crippen LogP contribution in [0.2, 0.25) is 5.02 Å². The normalized spacial score (nSPS) is 11.5. The first-order valence-corrected chi connectivity index (χ1v) is 8.98. The molecule has 0 bridgehead atoms. The van der Waals surface area contributed by atoms with Crippen LogP contribution in [0.5, 0.6) is 0 Å². The molecule has 0 spiro atoms. The fourth-order valence-corrected chi connectivity index (χ4v) is 3.10. The van der Waals surface area contributed by atoms with Crippen molar-refractivity contribution in [3.63, 3.8) is 0 Å². The Bertz CT molecular complexity index is 1070. The Morgan fingerprint density at radius 3 is 2.64 bits per heavy atom. The lowest BCUT2D eigenvalue weighted by atomic mass is 10.1. The Hall–Kier alpha value is -3.04. The minimum atomic E-state index is -1.17. The molecule has 1 N–H and O–H groups in total. The molecule has 0 unspecified atom stereocenters. The van der Waals surface area contributed by atoms with E-state index in [4.69, 9.17) is 25.2 Å². The predicted octanol–water partition coefficient (Wildman–Crippen LogP) is 4.30. The lowest BCUT2D eigenvalue weighted by molar-refractivity contribution is -0.131. The van der Waals surface area contributed by atoms with Gasteiger partial charge in [0, 0.05) is 18.6 Å². The predicted molar refractivity (Wildman–Crippen MR) is 101 cm³/mol. The summed E-state index contributed by atoms with van der Waals surface area (Å²) in [4.78, 5) is 23.2. The van der Waals surface area contributed by atoms with Gasteiger partial charge in [-0.25, -0.2) is 9.59 Å². The molecule has 3 aromatic rings. The summed E-state index contributed by atoms with van der Waals surface area (Å²) in [5.74, 6) is -0.685. The van der Waals surface area contributed by atoms with Crippen molar-refractivity contribution in [2.24, 2.45) is 0 Å². The molecule has 0 radical (unpaired) electrons. The van der Waals surface area contributed by atoms with Crippen molar-refractivity contribution in [2.45, 2.75) is 12.1 Å². The monoisotopic (exact) mass is 420 g/mol. The summed E-state index contributed by atoms with van der Waals surface area (Å²) in [6.07, 6.45) is 1.34. The number of ether oxygens (including phenoxy) is 1. The molecule has 0 aliphatic rings. The van der Waals surface area contributed by atoms with Gasteiger partial charge in [0.05, 0.1) is 17.7 Å². The number of benzene rings is 1. The Balaban J connectivity index is 1.89. The zero-order valence-electron chi connectivity index (χ0n) is 14.6. The third-order valence-electron chi connectivity index (χ3n) is 3.47. The Kier molecular flexibility index (Phi) is 5.86. The van der Waals surface area contributed by atoms with Gasteiger partial charge in [-0.3, -0.25) is 0 Å². The van der Waals surface area contributed by atoms with E-state index in [0.29, 0.717) is 23.0 Å². The first-order chi connectivity index (χ1) is 13.4. The van der Waals surface area contributed by atoms with Crippen molar-refractivity contribution in [1.29, 1.82) is 0 Å². The zero-order valence-corrected chi connectivity index (χ0v) is 16.2. The molecule has 0 saturated carbocycles. The van der Waals surface area contributed by atoms with Crippen molar-refractivity contribution in [2.75, 3.05) is 7.11 Å². The fraction of sp³-hybridized carbons (Fsp3) is 0.111. The summed E-state index contributed by atoms with van der Waals surface area (Å²) in [6.45, 7) is 1.61. The molecule has 8 nitrogen and oxygen atoms in total. The highest BCUT2D eigenvalue weighted by Gasteiger charge is 2.17. The molecular formula is C18H13ClN2O6S. The van der Waals surface area contributed by atoms with E-state index in [0.717, 1.165) is 11.8 Å². The van der Waals surface area contributed by atoms with Crippen molar-refractivity contribution >= 4 is 41.4 Å². The van der Waals surface area contributed by atoms with Crippen LogP contribution in [0.4, 0.5) is 0 Å². The van der Waals surface area contributed by atoms with Gasteiger partial charge in [0.15, 0.2) is 0 Å². The van der Waals surface area contributed by atoms with Gasteiger partial charge in [-0.05, 0) is 42.1 Å². The van der Waals surface area contributed by atoms with Crippen molar-refractivity contribution in [3.05, 3.63) is 57.5 Å². The molecule has 0 aliphatic carbocycles. The largest absolute Gasteiger partial charge is 0.477 e. The molecular weight excluding hydrogens is 408 g/mol. The second-order valence-corrected chi connectivity index (χ2v) is 6.79. The van der Waals surface area contributed by atoms with Gasteiger partial charge in [0.25, 0.3) is 5.22 Å². The molecule has 10 heteroatoms. The van der Waals surface area contributed by atoms with E-state index in [9.17, 15) is 14.7 Å². The average Bonchev–Trinajstić information content (AvgIpc) is 3.30. The van der Waals surface area contributed by atoms with E-state index >= 15 is 0 Å². The van der Waals surface area contributed by atoms with Gasteiger partial charge in [0.2, 0.25) is 5.89 Å². The third-order valence-corrected chi connectivity index (χ3v) is 4.65. The number of aromatic nitrogens is 2. The number of nitrogens with zero attached hydrogens (tertiary/aromatic N) is 2. The number of halogens is 1. The van der Waals surface area contributed by atoms with Crippen LogP contribution in [0.3, 0.4) is 0 Å². The maximum atomic E-state index is 11.8. The first kappa shape index (κ1) is 19.7. The van der Waals surface area contributed by atoms with Crippen LogP contribution in [0.1, 0.15) is 22.0 Å². The van der Waals surface area contributed by atoms with Crippen LogP contribution in [-0.4, -0.2) is 34.4 Å². The Labute approximate surface area is 168 Å². The molecule has 28 heavy (non-hydrogen) atoms. The van der Waals surface area contributed by atoms with E-state index in [1.54, 1.807) is 31.2 Å². The summed E-state index contributed by atoms with van der Waals surface area (Å²) in [7, 11) is 1.26. The van der Waals surface area contributed by atoms with E-state index in [1.807, 2.05) is 0 Å². The first-order valence-electron chi connectivity index (χ1n) is 7.78. The number of methoxy groups -OCH3 is 1. The molecule has 0 fully saturated rings. The SMILES string of the molecule is COC(=O)c1cc(-c2ccc(/C=C(\Sc3nnc(C)o3)C(=O)O)o2)ccc1Cl. The number of aliphatic carboxylic acids is 1. The maximum absolute atomic E-state index is 11.8. The number of hydrogen-bond acceptors (Lipinski definition) is 8. The second kappa shape index (κ2) is 8.32. The van der Waals surface area contributed by atoms with Crippen LogP contribution >= 0.6 is 23.4 Å². The maximum Gasteiger partial charge on any atom is 0.342 e. The van der Waals surface area contributed by atoms with E-state index in [-0.39, 0.29) is 20.7 Å². The Morgan fingerprint density at radius 2 is 2.00 bits per heavy atom. The molecule has 3 rings (SSSR count). The number of carboxylic acids is 1. The van der Waals surface area contributed by atoms with Crippen LogP contribution in [0, 0.1) is 6.92 Å². The highest BCUT2D eigenvalue weighted by atomic mass is 35.5. The molecule has 0 saturated heterocycles. The number of thioether (sulfide) groups is 1. The van der Waals surface area contributed by atoms with Crippen LogP contribution in [0.25, 0.3) is 17.4 Å². The molecule has 144 valence electrons. The number of hydrogen-bond donors (Lipinski definition) is 1. The lowest BCUT2D eigenvalue weighted by Gasteiger charge is -2.04. The highest BCUT2D eigenvalue weighted by Crippen LogP contribution is 2.31. The quantitative estimate of drug-likeness (QED) is 0.354. The van der Waals surface area contributed by atoms with Crippen LogP contribution in [-0.2, 0) is 9.53 Å². The van der Waals surface area contributed by atoms with Crippen molar-refractivity contribution in [1.82, 2.24) is 10.2 Å². The van der Waals surface area contributed by atoms with E-state index < -0.39 is 11.9 Å². The number of carboxylic acid groups (broad SMARTS) is 1. The number of carbonyl (C=O) groups excluding carboxylic acids is 1. The summed E-state index contributed by atoms with van der Waals surface area (Å²) in [5.41, 5.74) is 0.783.